The number of anilines is 1. The lowest BCUT2D eigenvalue weighted by molar-refractivity contribution is -0.140. The highest BCUT2D eigenvalue weighted by molar-refractivity contribution is 7.92. The van der Waals surface area contributed by atoms with Gasteiger partial charge < -0.3 is 10.2 Å². The van der Waals surface area contributed by atoms with Gasteiger partial charge in [0.05, 0.1) is 10.6 Å². The fourth-order valence-corrected chi connectivity index (χ4v) is 5.65. The van der Waals surface area contributed by atoms with Crippen LogP contribution in [0.4, 0.5) is 5.69 Å². The maximum atomic E-state index is 13.9. The van der Waals surface area contributed by atoms with Gasteiger partial charge in [0.15, 0.2) is 0 Å². The number of hydrogen-bond donors (Lipinski definition) is 1. The van der Waals surface area contributed by atoms with E-state index in [9.17, 15) is 18.0 Å². The molecule has 0 spiro atoms. The van der Waals surface area contributed by atoms with Crippen LogP contribution in [0.25, 0.3) is 0 Å². The highest BCUT2D eigenvalue weighted by Crippen LogP contribution is 2.27. The Kier molecular flexibility index (Phi) is 9.10. The summed E-state index contributed by atoms with van der Waals surface area (Å²) in [6.07, 6.45) is 0.381. The molecule has 0 radical (unpaired) electrons. The van der Waals surface area contributed by atoms with Crippen LogP contribution in [0.3, 0.4) is 0 Å². The molecule has 8 heteroatoms. The molecule has 0 aliphatic rings. The average molecular weight is 522 g/mol. The number of nitrogens with one attached hydrogen (secondary N) is 1. The Hall–Kier alpha value is -3.65. The van der Waals surface area contributed by atoms with Gasteiger partial charge in [0.2, 0.25) is 11.8 Å². The number of benzene rings is 3. The van der Waals surface area contributed by atoms with Gasteiger partial charge in [-0.25, -0.2) is 8.42 Å². The Morgan fingerprint density at radius 1 is 0.865 bits per heavy atom. The number of carbonyl (C=O) groups is 2. The number of hydrogen-bond acceptors (Lipinski definition) is 4. The van der Waals surface area contributed by atoms with E-state index in [1.807, 2.05) is 51.1 Å². The van der Waals surface area contributed by atoms with E-state index >= 15 is 0 Å². The highest BCUT2D eigenvalue weighted by atomic mass is 32.2. The van der Waals surface area contributed by atoms with Crippen molar-refractivity contribution >= 4 is 27.5 Å². The summed E-state index contributed by atoms with van der Waals surface area (Å²) in [6, 6.07) is 20.6. The predicted molar refractivity (Wildman–Crippen MR) is 147 cm³/mol. The maximum absolute atomic E-state index is 13.9. The number of rotatable bonds is 10. The van der Waals surface area contributed by atoms with Crippen molar-refractivity contribution in [3.8, 4) is 0 Å². The van der Waals surface area contributed by atoms with Crippen LogP contribution < -0.4 is 9.62 Å². The lowest BCUT2D eigenvalue weighted by atomic mass is 10.1. The zero-order valence-corrected chi connectivity index (χ0v) is 22.9. The average Bonchev–Trinajstić information content (AvgIpc) is 2.88. The van der Waals surface area contributed by atoms with E-state index < -0.39 is 28.5 Å². The smallest absolute Gasteiger partial charge is 0.264 e. The molecule has 1 N–H and O–H groups in total. The van der Waals surface area contributed by atoms with Gasteiger partial charge >= 0.3 is 0 Å². The normalized spacial score (nSPS) is 12.0. The number of sulfonamides is 1. The molecule has 7 nitrogen and oxygen atoms in total. The zero-order valence-electron chi connectivity index (χ0n) is 22.1. The molecule has 0 bridgehead atoms. The minimum atomic E-state index is -4.07. The molecule has 3 aromatic rings. The van der Waals surface area contributed by atoms with Gasteiger partial charge in [0, 0.05) is 13.6 Å². The van der Waals surface area contributed by atoms with E-state index in [1.165, 1.54) is 11.9 Å². The van der Waals surface area contributed by atoms with Gasteiger partial charge in [-0.05, 0) is 56.5 Å². The molecule has 196 valence electrons. The second-order valence-electron chi connectivity index (χ2n) is 9.16. The first-order valence-corrected chi connectivity index (χ1v) is 13.7. The largest absolute Gasteiger partial charge is 0.357 e. The van der Waals surface area contributed by atoms with E-state index in [-0.39, 0.29) is 17.3 Å². The number of aryl methyl sites for hydroxylation is 3. The molecule has 1 atom stereocenters. The summed E-state index contributed by atoms with van der Waals surface area (Å²) in [5.41, 5.74) is 3.99. The maximum Gasteiger partial charge on any atom is 0.264 e. The monoisotopic (exact) mass is 521 g/mol. The van der Waals surface area contributed by atoms with Crippen LogP contribution in [0.15, 0.2) is 77.7 Å². The molecule has 0 saturated carbocycles. The van der Waals surface area contributed by atoms with Crippen molar-refractivity contribution < 1.29 is 18.0 Å². The zero-order chi connectivity index (χ0) is 27.2. The molecule has 0 aliphatic heterocycles. The van der Waals surface area contributed by atoms with E-state index in [2.05, 4.69) is 5.32 Å². The van der Waals surface area contributed by atoms with Crippen LogP contribution in [0.1, 0.15) is 35.6 Å². The topological polar surface area (TPSA) is 86.8 Å². The van der Waals surface area contributed by atoms with Crippen LogP contribution >= 0.6 is 0 Å². The van der Waals surface area contributed by atoms with E-state index in [4.69, 9.17) is 0 Å². The van der Waals surface area contributed by atoms with Crippen molar-refractivity contribution in [1.29, 1.82) is 0 Å². The molecule has 3 rings (SSSR count). The quantitative estimate of drug-likeness (QED) is 0.430. The van der Waals surface area contributed by atoms with Gasteiger partial charge in [0.1, 0.15) is 12.6 Å². The van der Waals surface area contributed by atoms with Gasteiger partial charge in [-0.3, -0.25) is 13.9 Å². The first-order valence-electron chi connectivity index (χ1n) is 12.3. The molecule has 2 amide bonds. The lowest BCUT2D eigenvalue weighted by Crippen LogP contribution is -2.51. The predicted octanol–water partition coefficient (Wildman–Crippen LogP) is 4.36. The van der Waals surface area contributed by atoms with Crippen LogP contribution in [0.2, 0.25) is 0 Å². The molecule has 0 heterocycles. The van der Waals surface area contributed by atoms with Gasteiger partial charge in [0.25, 0.3) is 10.0 Å². The third kappa shape index (κ3) is 6.57. The van der Waals surface area contributed by atoms with Crippen molar-refractivity contribution in [1.82, 2.24) is 10.2 Å². The number of nitrogens with zero attached hydrogens (tertiary/aromatic N) is 2. The number of para-hydroxylation sites is 1. The highest BCUT2D eigenvalue weighted by Gasteiger charge is 2.33. The van der Waals surface area contributed by atoms with E-state index in [0.29, 0.717) is 12.1 Å². The fourth-order valence-electron chi connectivity index (χ4n) is 4.17. The Bertz CT molecular complexity index is 1340. The molecule has 0 fully saturated rings. The summed E-state index contributed by atoms with van der Waals surface area (Å²) >= 11 is 0. The first-order chi connectivity index (χ1) is 17.6. The summed E-state index contributed by atoms with van der Waals surface area (Å²) in [5, 5.41) is 2.64. The summed E-state index contributed by atoms with van der Waals surface area (Å²) in [5.74, 6) is -0.762. The summed E-state index contributed by atoms with van der Waals surface area (Å²) in [4.78, 5) is 28.2. The van der Waals surface area contributed by atoms with Crippen molar-refractivity contribution in [2.24, 2.45) is 0 Å². The van der Waals surface area contributed by atoms with Crippen molar-refractivity contribution in [3.05, 3.63) is 95.1 Å². The third-order valence-electron chi connectivity index (χ3n) is 6.38. The van der Waals surface area contributed by atoms with Crippen molar-refractivity contribution in [2.75, 3.05) is 17.9 Å². The molecule has 1 unspecified atom stereocenters. The number of amides is 2. The molecular weight excluding hydrogens is 486 g/mol. The Balaban J connectivity index is 2.06. The molecule has 0 saturated heterocycles. The summed E-state index contributed by atoms with van der Waals surface area (Å²) < 4.78 is 28.9. The first kappa shape index (κ1) is 27.9. The molecule has 0 aromatic heterocycles. The van der Waals surface area contributed by atoms with E-state index in [0.717, 1.165) is 26.6 Å². The van der Waals surface area contributed by atoms with Crippen molar-refractivity contribution in [3.63, 3.8) is 0 Å². The van der Waals surface area contributed by atoms with Gasteiger partial charge in [-0.15, -0.1) is 0 Å². The molecule has 0 aliphatic carbocycles. The van der Waals surface area contributed by atoms with Gasteiger partial charge in [-0.1, -0.05) is 72.6 Å². The van der Waals surface area contributed by atoms with Crippen molar-refractivity contribution in [2.45, 2.75) is 51.6 Å². The van der Waals surface area contributed by atoms with E-state index in [1.54, 1.807) is 49.4 Å². The van der Waals surface area contributed by atoms with Gasteiger partial charge in [-0.2, -0.15) is 0 Å². The number of likely N-dealkylation sites (N-methyl/N-ethyl adjacent to an activating group) is 1. The minimum Gasteiger partial charge on any atom is -0.357 e. The van der Waals surface area contributed by atoms with Crippen LogP contribution in [-0.2, 0) is 26.2 Å². The second kappa shape index (κ2) is 12.1. The lowest BCUT2D eigenvalue weighted by Gasteiger charge is -2.33. The summed E-state index contributed by atoms with van der Waals surface area (Å²) in [6.45, 7) is 7.23. The second-order valence-corrected chi connectivity index (χ2v) is 11.0. The van der Waals surface area contributed by atoms with Crippen LogP contribution in [0.5, 0.6) is 0 Å². The summed E-state index contributed by atoms with van der Waals surface area (Å²) in [7, 11) is -2.54. The molecule has 37 heavy (non-hydrogen) atoms. The number of carbonyl (C=O) groups excluding carboxylic acids is 2. The van der Waals surface area contributed by atoms with Crippen LogP contribution in [0, 0.1) is 20.8 Å². The SMILES string of the molecule is CCC(C(=O)NC)N(Cc1ccc(C)cc1)C(=O)CN(c1ccccc1C)S(=O)(=O)c1ccc(C)cc1. The molecular formula is C29H35N3O4S. The standard InChI is InChI=1S/C29H35N3O4S/c1-6-26(29(34)30-5)31(19-24-15-11-21(2)12-16-24)28(33)20-32(27-10-8-7-9-23(27)4)37(35,36)25-17-13-22(3)14-18-25/h7-18,26H,6,19-20H2,1-5H3,(H,30,34). The Labute approximate surface area is 220 Å². The fraction of sp³-hybridized carbons (Fsp3) is 0.310. The van der Waals surface area contributed by atoms with Crippen LogP contribution in [-0.4, -0.2) is 44.8 Å². The third-order valence-corrected chi connectivity index (χ3v) is 8.15. The Morgan fingerprint density at radius 2 is 1.43 bits per heavy atom. The Morgan fingerprint density at radius 3 is 1.97 bits per heavy atom. The molecule has 3 aromatic carbocycles. The minimum absolute atomic E-state index is 0.0950.